The predicted octanol–water partition coefficient (Wildman–Crippen LogP) is 1.85. The molecular formula is C10H16ClN3O. The summed E-state index contributed by atoms with van der Waals surface area (Å²) in [7, 11) is 1.72. The molecule has 0 aromatic heterocycles. The Kier molecular flexibility index (Phi) is 4.78. The van der Waals surface area contributed by atoms with Crippen LogP contribution in [0.5, 0.6) is 0 Å². The molecule has 0 radical (unpaired) electrons. The average Bonchev–Trinajstić information content (AvgIpc) is 2.26. The largest absolute Gasteiger partial charge is 0.381 e. The van der Waals surface area contributed by atoms with Crippen LogP contribution in [0.1, 0.15) is 12.8 Å². The van der Waals surface area contributed by atoms with Crippen molar-refractivity contribution in [3.8, 4) is 0 Å². The van der Waals surface area contributed by atoms with E-state index in [2.05, 4.69) is 0 Å². The Bertz CT molecular complexity index is 270. The van der Waals surface area contributed by atoms with Gasteiger partial charge in [-0.3, -0.25) is 10.8 Å². The minimum Gasteiger partial charge on any atom is -0.381 e. The number of allylic oxidation sites excluding steroid dienone is 1. The molecule has 15 heavy (non-hydrogen) atoms. The second-order valence-corrected chi connectivity index (χ2v) is 3.90. The van der Waals surface area contributed by atoms with Gasteiger partial charge in [0.25, 0.3) is 0 Å². The van der Waals surface area contributed by atoms with Gasteiger partial charge in [-0.05, 0) is 25.0 Å². The summed E-state index contributed by atoms with van der Waals surface area (Å²) in [6.07, 6.45) is 5.20. The fourth-order valence-corrected chi connectivity index (χ4v) is 1.65. The van der Waals surface area contributed by atoms with Crippen LogP contribution in [-0.4, -0.2) is 42.2 Å². The summed E-state index contributed by atoms with van der Waals surface area (Å²) in [5.74, 6) is 0.412. The maximum absolute atomic E-state index is 7.74. The third-order valence-electron chi connectivity index (χ3n) is 2.50. The average molecular weight is 230 g/mol. The zero-order chi connectivity index (χ0) is 11.3. The van der Waals surface area contributed by atoms with Crippen molar-refractivity contribution in [2.24, 2.45) is 0 Å². The summed E-state index contributed by atoms with van der Waals surface area (Å²) in [5, 5.41) is 14.7. The summed E-state index contributed by atoms with van der Waals surface area (Å²) in [6, 6.07) is 0. The van der Waals surface area contributed by atoms with E-state index in [9.17, 15) is 0 Å². The summed E-state index contributed by atoms with van der Waals surface area (Å²) in [4.78, 5) is 1.96. The number of amidine groups is 1. The lowest BCUT2D eigenvalue weighted by atomic mass is 10.1. The van der Waals surface area contributed by atoms with Crippen LogP contribution >= 0.6 is 11.6 Å². The third-order valence-corrected chi connectivity index (χ3v) is 2.63. The Balaban J connectivity index is 2.39. The highest BCUT2D eigenvalue weighted by Crippen LogP contribution is 2.13. The van der Waals surface area contributed by atoms with Gasteiger partial charge in [0.05, 0.1) is 6.10 Å². The van der Waals surface area contributed by atoms with Crippen molar-refractivity contribution >= 4 is 22.6 Å². The lowest BCUT2D eigenvalue weighted by molar-refractivity contribution is 0.0579. The first-order valence-corrected chi connectivity index (χ1v) is 5.29. The van der Waals surface area contributed by atoms with Gasteiger partial charge in [0.1, 0.15) is 11.0 Å². The van der Waals surface area contributed by atoms with Gasteiger partial charge < -0.3 is 9.64 Å². The number of halogens is 1. The van der Waals surface area contributed by atoms with Crippen LogP contribution < -0.4 is 0 Å². The molecule has 2 N–H and O–H groups in total. The van der Waals surface area contributed by atoms with E-state index in [4.69, 9.17) is 27.2 Å². The number of rotatable bonds is 3. The Morgan fingerprint density at radius 1 is 1.33 bits per heavy atom. The molecule has 1 aliphatic heterocycles. The lowest BCUT2D eigenvalue weighted by Gasteiger charge is -2.32. The van der Waals surface area contributed by atoms with Crippen LogP contribution in [0.2, 0.25) is 0 Å². The molecule has 0 unspecified atom stereocenters. The molecule has 0 spiro atoms. The molecule has 0 bridgehead atoms. The molecule has 0 aliphatic carbocycles. The second-order valence-electron chi connectivity index (χ2n) is 3.49. The van der Waals surface area contributed by atoms with Crippen molar-refractivity contribution in [1.82, 2.24) is 4.90 Å². The number of methoxy groups -OCH3 is 1. The molecule has 5 heteroatoms. The van der Waals surface area contributed by atoms with Gasteiger partial charge in [-0.25, -0.2) is 0 Å². The van der Waals surface area contributed by atoms with Crippen LogP contribution in [0, 0.1) is 10.8 Å². The minimum absolute atomic E-state index is 0.0495. The molecule has 0 saturated carbocycles. The standard InChI is InChI=1S/C10H16ClN3O/c1-15-8-4-6-14(7-5-8)10(13)3-2-9(11)12/h2-3,8,12-13H,4-7H2,1H3/b3-2-,12-9?,13-10?. The molecular weight excluding hydrogens is 214 g/mol. The van der Waals surface area contributed by atoms with Crippen molar-refractivity contribution < 1.29 is 4.74 Å². The van der Waals surface area contributed by atoms with Crippen molar-refractivity contribution in [3.63, 3.8) is 0 Å². The number of hydrogen-bond donors (Lipinski definition) is 2. The van der Waals surface area contributed by atoms with E-state index in [-0.39, 0.29) is 5.17 Å². The van der Waals surface area contributed by atoms with E-state index in [1.807, 2.05) is 4.90 Å². The number of hydrogen-bond acceptors (Lipinski definition) is 3. The fraction of sp³-hybridized carbons (Fsp3) is 0.600. The zero-order valence-electron chi connectivity index (χ0n) is 8.79. The lowest BCUT2D eigenvalue weighted by Crippen LogP contribution is -2.39. The second kappa shape index (κ2) is 5.88. The molecule has 1 rings (SSSR count). The van der Waals surface area contributed by atoms with Gasteiger partial charge >= 0.3 is 0 Å². The van der Waals surface area contributed by atoms with E-state index < -0.39 is 0 Å². The highest BCUT2D eigenvalue weighted by Gasteiger charge is 2.19. The van der Waals surface area contributed by atoms with Gasteiger partial charge in [0, 0.05) is 20.2 Å². The Morgan fingerprint density at radius 2 is 1.93 bits per heavy atom. The van der Waals surface area contributed by atoms with Crippen LogP contribution in [-0.2, 0) is 4.74 Å². The summed E-state index contributed by atoms with van der Waals surface area (Å²) in [6.45, 7) is 1.66. The minimum atomic E-state index is -0.0495. The topological polar surface area (TPSA) is 60.2 Å². The van der Waals surface area contributed by atoms with Gasteiger partial charge in [-0.15, -0.1) is 0 Å². The van der Waals surface area contributed by atoms with Crippen molar-refractivity contribution in [1.29, 1.82) is 10.8 Å². The maximum atomic E-state index is 7.74. The number of nitrogens with one attached hydrogen (secondary N) is 2. The number of nitrogens with zero attached hydrogens (tertiary/aromatic N) is 1. The van der Waals surface area contributed by atoms with Crippen molar-refractivity contribution in [2.75, 3.05) is 20.2 Å². The van der Waals surface area contributed by atoms with Gasteiger partial charge in [0.2, 0.25) is 0 Å². The number of ether oxygens (including phenoxy) is 1. The molecule has 4 nitrogen and oxygen atoms in total. The van der Waals surface area contributed by atoms with Crippen molar-refractivity contribution in [2.45, 2.75) is 18.9 Å². The monoisotopic (exact) mass is 229 g/mol. The molecule has 1 fully saturated rings. The van der Waals surface area contributed by atoms with Crippen LogP contribution in [0.25, 0.3) is 0 Å². The Morgan fingerprint density at radius 3 is 2.40 bits per heavy atom. The van der Waals surface area contributed by atoms with Gasteiger partial charge in [-0.2, -0.15) is 0 Å². The Labute approximate surface area is 94.9 Å². The zero-order valence-corrected chi connectivity index (χ0v) is 9.55. The van der Waals surface area contributed by atoms with Crippen LogP contribution in [0.3, 0.4) is 0 Å². The normalized spacial score (nSPS) is 18.4. The summed E-state index contributed by atoms with van der Waals surface area (Å²) in [5.41, 5.74) is 0. The molecule has 0 aromatic carbocycles. The SMILES string of the molecule is COC1CCN(C(=N)/C=C\C(=N)Cl)CC1. The fourth-order valence-electron chi connectivity index (χ4n) is 1.59. The van der Waals surface area contributed by atoms with Crippen LogP contribution in [0.15, 0.2) is 12.2 Å². The van der Waals surface area contributed by atoms with Crippen LogP contribution in [0.4, 0.5) is 0 Å². The summed E-state index contributed by atoms with van der Waals surface area (Å²) >= 11 is 5.37. The van der Waals surface area contributed by atoms with E-state index in [0.29, 0.717) is 11.9 Å². The first kappa shape index (κ1) is 12.2. The van der Waals surface area contributed by atoms with E-state index in [1.165, 1.54) is 6.08 Å². The van der Waals surface area contributed by atoms with Crippen molar-refractivity contribution in [3.05, 3.63) is 12.2 Å². The first-order valence-electron chi connectivity index (χ1n) is 4.92. The first-order chi connectivity index (χ1) is 7.13. The van der Waals surface area contributed by atoms with Gasteiger partial charge in [-0.1, -0.05) is 11.6 Å². The quantitative estimate of drug-likeness (QED) is 0.573. The highest BCUT2D eigenvalue weighted by atomic mass is 35.5. The van der Waals surface area contributed by atoms with E-state index >= 15 is 0 Å². The smallest absolute Gasteiger partial charge is 0.120 e. The third kappa shape index (κ3) is 4.01. The maximum Gasteiger partial charge on any atom is 0.120 e. The highest BCUT2D eigenvalue weighted by molar-refractivity contribution is 6.67. The van der Waals surface area contributed by atoms with E-state index in [0.717, 1.165) is 25.9 Å². The number of piperidine rings is 1. The number of likely N-dealkylation sites (tertiary alicyclic amines) is 1. The molecule has 0 atom stereocenters. The molecule has 1 aliphatic rings. The van der Waals surface area contributed by atoms with E-state index in [1.54, 1.807) is 13.2 Å². The molecule has 84 valence electrons. The van der Waals surface area contributed by atoms with Gasteiger partial charge in [0.15, 0.2) is 0 Å². The molecule has 1 heterocycles. The molecule has 0 aromatic rings. The Hall–Kier alpha value is -0.870. The summed E-state index contributed by atoms with van der Waals surface area (Å²) < 4.78 is 5.25. The molecule has 1 saturated heterocycles. The molecule has 0 amide bonds. The predicted molar refractivity (Wildman–Crippen MR) is 62.1 cm³/mol.